The van der Waals surface area contributed by atoms with Gasteiger partial charge in [0.15, 0.2) is 11.6 Å². The highest BCUT2D eigenvalue weighted by Gasteiger charge is 2.11. The van der Waals surface area contributed by atoms with Crippen molar-refractivity contribution in [3.63, 3.8) is 0 Å². The molecule has 1 heterocycles. The van der Waals surface area contributed by atoms with Gasteiger partial charge in [-0.15, -0.1) is 0 Å². The Morgan fingerprint density at radius 1 is 1.39 bits per heavy atom. The van der Waals surface area contributed by atoms with Crippen LogP contribution in [-0.4, -0.2) is 44.4 Å². The molecule has 0 aromatic heterocycles. The van der Waals surface area contributed by atoms with Gasteiger partial charge in [0.1, 0.15) is 6.61 Å². The van der Waals surface area contributed by atoms with Crippen molar-refractivity contribution >= 4 is 5.69 Å². The van der Waals surface area contributed by atoms with Crippen LogP contribution in [0.1, 0.15) is 0 Å². The summed E-state index contributed by atoms with van der Waals surface area (Å²) in [5.41, 5.74) is 0.188. The molecule has 0 saturated carbocycles. The van der Waals surface area contributed by atoms with E-state index in [1.165, 1.54) is 12.1 Å². The molecule has 1 aliphatic rings. The second-order valence-electron chi connectivity index (χ2n) is 4.05. The van der Waals surface area contributed by atoms with Crippen LogP contribution in [-0.2, 0) is 4.74 Å². The molecule has 1 aromatic carbocycles. The number of nitrogens with one attached hydrogen (secondary N) is 1. The number of hydrogen-bond acceptors (Lipinski definition) is 4. The maximum atomic E-state index is 13.5. The van der Waals surface area contributed by atoms with Gasteiger partial charge in [0.25, 0.3) is 5.69 Å². The lowest BCUT2D eigenvalue weighted by Crippen LogP contribution is -2.55. The smallest absolute Gasteiger partial charge is 0.256 e. The Morgan fingerprint density at radius 3 is 2.83 bits per heavy atom. The first-order valence-electron chi connectivity index (χ1n) is 5.90. The summed E-state index contributed by atoms with van der Waals surface area (Å²) in [7, 11) is 0. The first-order valence-corrected chi connectivity index (χ1v) is 5.90. The van der Waals surface area contributed by atoms with Crippen molar-refractivity contribution in [3.8, 4) is 5.75 Å². The predicted octanol–water partition coefficient (Wildman–Crippen LogP) is 0.0152. The summed E-state index contributed by atoms with van der Waals surface area (Å²) in [5.74, 6) is -0.361. The maximum Gasteiger partial charge on any atom is 0.256 e. The molecule has 0 spiro atoms. The van der Waals surface area contributed by atoms with E-state index < -0.39 is 5.82 Å². The van der Waals surface area contributed by atoms with Crippen molar-refractivity contribution in [1.29, 1.82) is 0 Å². The first kappa shape index (κ1) is 12.9. The van der Waals surface area contributed by atoms with Gasteiger partial charge < -0.3 is 9.47 Å². The summed E-state index contributed by atoms with van der Waals surface area (Å²) in [4.78, 5) is 12.5. The van der Waals surface area contributed by atoms with E-state index in [9.17, 15) is 9.30 Å². The van der Waals surface area contributed by atoms with E-state index in [4.69, 9.17) is 9.47 Å². The molecule has 0 amide bonds. The van der Waals surface area contributed by atoms with Gasteiger partial charge in [-0.1, -0.05) is 0 Å². The van der Waals surface area contributed by atoms with Crippen LogP contribution < -0.4 is 9.91 Å². The number of benzene rings is 1. The Labute approximate surface area is 104 Å². The molecule has 1 aliphatic heterocycles. The molecule has 1 N–H and O–H groups in total. The number of nitroso groups, excluding NO2 is 1. The molecule has 1 fully saturated rings. The molecule has 98 valence electrons. The Kier molecular flexibility index (Phi) is 4.60. The molecule has 2 rings (SSSR count). The zero-order chi connectivity index (χ0) is 12.8. The normalized spacial score (nSPS) is 16.5. The van der Waals surface area contributed by atoms with Gasteiger partial charge in [0.2, 0.25) is 0 Å². The van der Waals surface area contributed by atoms with E-state index in [1.807, 2.05) is 0 Å². The molecule has 1 aromatic rings. The monoisotopic (exact) mass is 255 g/mol. The summed E-state index contributed by atoms with van der Waals surface area (Å²) in [6, 6.07) is 4.06. The van der Waals surface area contributed by atoms with Crippen molar-refractivity contribution in [3.05, 3.63) is 28.9 Å². The fourth-order valence-corrected chi connectivity index (χ4v) is 1.79. The number of morpholine rings is 1. The summed E-state index contributed by atoms with van der Waals surface area (Å²) >= 11 is 0. The molecule has 5 nitrogen and oxygen atoms in total. The van der Waals surface area contributed by atoms with Crippen molar-refractivity contribution in [2.24, 2.45) is 0 Å². The van der Waals surface area contributed by atoms with Crippen LogP contribution in [0.5, 0.6) is 5.75 Å². The number of rotatable bonds is 5. The number of hydrogen-bond donors (Lipinski definition) is 1. The number of halogens is 1. The third-order valence-electron chi connectivity index (χ3n) is 2.82. The van der Waals surface area contributed by atoms with E-state index in [0.29, 0.717) is 6.61 Å². The second kappa shape index (κ2) is 6.42. The van der Waals surface area contributed by atoms with Gasteiger partial charge >= 0.3 is 0 Å². The highest BCUT2D eigenvalue weighted by atomic mass is 19.1. The summed E-state index contributed by atoms with van der Waals surface area (Å²) in [6.45, 7) is 4.39. The number of nitrogens with zero attached hydrogens (tertiary/aromatic N) is 1. The summed E-state index contributed by atoms with van der Waals surface area (Å²) in [6.07, 6.45) is 0. The van der Waals surface area contributed by atoms with Gasteiger partial charge in [-0.25, -0.2) is 4.39 Å². The molecule has 0 bridgehead atoms. The summed E-state index contributed by atoms with van der Waals surface area (Å²) < 4.78 is 24.0. The van der Waals surface area contributed by atoms with E-state index in [0.717, 1.165) is 38.9 Å². The molecule has 0 aliphatic carbocycles. The van der Waals surface area contributed by atoms with Gasteiger partial charge in [0.05, 0.1) is 19.3 Å². The van der Waals surface area contributed by atoms with E-state index in [2.05, 4.69) is 4.90 Å². The minimum absolute atomic E-state index is 0.169. The third-order valence-corrected chi connectivity index (χ3v) is 2.82. The van der Waals surface area contributed by atoms with Crippen molar-refractivity contribution in [2.75, 3.05) is 39.5 Å². The van der Waals surface area contributed by atoms with E-state index in [-0.39, 0.29) is 11.4 Å². The number of ether oxygens (including phenoxy) is 2. The van der Waals surface area contributed by atoms with Crippen molar-refractivity contribution in [1.82, 2.24) is 4.90 Å². The van der Waals surface area contributed by atoms with Crippen LogP contribution in [0.4, 0.5) is 10.1 Å². The van der Waals surface area contributed by atoms with Gasteiger partial charge in [0, 0.05) is 35.8 Å². The third kappa shape index (κ3) is 3.48. The zero-order valence-corrected chi connectivity index (χ0v) is 10.0. The maximum absolute atomic E-state index is 13.5. The molecule has 0 atom stereocenters. The fourth-order valence-electron chi connectivity index (χ4n) is 1.79. The largest absolute Gasteiger partial charge is 0.489 e. The minimum atomic E-state index is -0.530. The van der Waals surface area contributed by atoms with Crippen LogP contribution >= 0.6 is 0 Å². The highest BCUT2D eigenvalue weighted by molar-refractivity contribution is 5.36. The average Bonchev–Trinajstić information content (AvgIpc) is 2.42. The highest BCUT2D eigenvalue weighted by Crippen LogP contribution is 2.18. The van der Waals surface area contributed by atoms with E-state index >= 15 is 0 Å². The quantitative estimate of drug-likeness (QED) is 0.805. The van der Waals surface area contributed by atoms with Gasteiger partial charge in [-0.05, 0) is 6.07 Å². The Bertz CT molecular complexity index is 408. The Balaban J connectivity index is 1.80. The lowest BCUT2D eigenvalue weighted by molar-refractivity contribution is -0.379. The molecule has 18 heavy (non-hydrogen) atoms. The van der Waals surface area contributed by atoms with Gasteiger partial charge in [-0.3, -0.25) is 4.90 Å². The standard InChI is InChI=1S/C12H15FN2O3/c13-11-9-10(14-16)1-2-12(11)18-8-5-15-3-6-17-7-4-15/h1-2,9H,3-8H2/p+1. The SMILES string of the molecule is O=[NH+]c1ccc(OCCN2CCOCC2)c(F)c1. The van der Waals surface area contributed by atoms with Crippen molar-refractivity contribution in [2.45, 2.75) is 0 Å². The summed E-state index contributed by atoms with van der Waals surface area (Å²) in [5, 5.41) is 1.64. The molecule has 6 heteroatoms. The van der Waals surface area contributed by atoms with Gasteiger partial charge in [-0.2, -0.15) is 0 Å². The molecular formula is C12H16FN2O3+. The Morgan fingerprint density at radius 2 is 2.17 bits per heavy atom. The molecule has 0 radical (unpaired) electrons. The molecular weight excluding hydrogens is 239 g/mol. The first-order chi connectivity index (χ1) is 8.79. The van der Waals surface area contributed by atoms with Crippen LogP contribution in [0.3, 0.4) is 0 Å². The Hall–Kier alpha value is -1.53. The second-order valence-corrected chi connectivity index (χ2v) is 4.05. The zero-order valence-electron chi connectivity index (χ0n) is 10.0. The van der Waals surface area contributed by atoms with Crippen molar-refractivity contribution < 1.29 is 19.0 Å². The molecule has 0 unspecified atom stereocenters. The topological polar surface area (TPSA) is 52.7 Å². The lowest BCUT2D eigenvalue weighted by Gasteiger charge is -2.26. The minimum Gasteiger partial charge on any atom is -0.489 e. The van der Waals surface area contributed by atoms with Crippen LogP contribution in [0.25, 0.3) is 0 Å². The fraction of sp³-hybridized carbons (Fsp3) is 0.500. The van der Waals surface area contributed by atoms with Crippen LogP contribution in [0, 0.1) is 10.7 Å². The van der Waals surface area contributed by atoms with Crippen LogP contribution in [0.15, 0.2) is 18.2 Å². The predicted molar refractivity (Wildman–Crippen MR) is 63.1 cm³/mol. The van der Waals surface area contributed by atoms with E-state index in [1.54, 1.807) is 5.18 Å². The average molecular weight is 255 g/mol. The lowest BCUT2D eigenvalue weighted by atomic mass is 10.3. The molecule has 1 saturated heterocycles. The van der Waals surface area contributed by atoms with Crippen LogP contribution in [0.2, 0.25) is 0 Å².